The first-order valence-electron chi connectivity index (χ1n) is 14.4. The van der Waals surface area contributed by atoms with Crippen molar-refractivity contribution in [3.8, 4) is 0 Å². The Morgan fingerprint density at radius 3 is 1.89 bits per heavy atom. The van der Waals surface area contributed by atoms with E-state index in [9.17, 15) is 9.59 Å². The van der Waals surface area contributed by atoms with Crippen LogP contribution in [0, 0.1) is 0 Å². The topological polar surface area (TPSA) is 140 Å². The summed E-state index contributed by atoms with van der Waals surface area (Å²) in [7, 11) is 0. The molecule has 0 unspecified atom stereocenters. The molecule has 0 saturated heterocycles. The first kappa shape index (κ1) is 32.6. The molecule has 4 heterocycles. The first-order valence-corrected chi connectivity index (χ1v) is 16.9. The second kappa shape index (κ2) is 16.5. The van der Waals surface area contributed by atoms with Crippen molar-refractivity contribution < 1.29 is 19.1 Å². The van der Waals surface area contributed by atoms with Crippen molar-refractivity contribution in [1.82, 2.24) is 39.5 Å². The van der Waals surface area contributed by atoms with E-state index < -0.39 is 0 Å². The summed E-state index contributed by atoms with van der Waals surface area (Å²) in [6.07, 6.45) is 12.0. The number of aryl methyl sites for hydroxylation is 2. The number of thioether (sulfide) groups is 2. The van der Waals surface area contributed by atoms with Gasteiger partial charge in [0.25, 0.3) is 0 Å². The quantitative estimate of drug-likeness (QED) is 0.0702. The molecule has 0 fully saturated rings. The lowest BCUT2D eigenvalue weighted by Crippen LogP contribution is -2.09. The van der Waals surface area contributed by atoms with Gasteiger partial charge in [-0.25, -0.2) is 29.5 Å². The molecule has 236 valence electrons. The zero-order valence-corrected chi connectivity index (χ0v) is 27.0. The van der Waals surface area contributed by atoms with Gasteiger partial charge in [-0.15, -0.1) is 23.5 Å². The lowest BCUT2D eigenvalue weighted by Gasteiger charge is -2.07. The minimum absolute atomic E-state index is 0.299. The molecule has 12 nitrogen and oxygen atoms in total. The molecule has 46 heavy (non-hydrogen) atoms. The van der Waals surface area contributed by atoms with Gasteiger partial charge in [0.1, 0.15) is 44.8 Å². The highest BCUT2D eigenvalue weighted by Crippen LogP contribution is 2.22. The molecular formula is C32H32N8O4S2. The van der Waals surface area contributed by atoms with Gasteiger partial charge in [0.05, 0.1) is 36.7 Å². The fourth-order valence-corrected chi connectivity index (χ4v) is 5.47. The molecule has 0 spiro atoms. The van der Waals surface area contributed by atoms with E-state index >= 15 is 0 Å². The molecule has 0 bridgehead atoms. The normalized spacial score (nSPS) is 10.8. The number of esters is 2. The standard InChI is InChI=1S/2C16H16N4O2S/c1-23-15-14-13(17-11-18-15)10-20(19-14)8-5-9-22-16(21)12-6-3-2-4-7-12;1-23-15-14-13(17-11-18-15)10-19-20(14)8-5-9-22-16(21)12-6-3-2-4-7-12/h2*2-4,6-7,10-11H,5,8-9H2,1H3. The molecule has 6 rings (SSSR count). The number of fused-ring (bicyclic) bond motifs is 2. The molecular weight excluding hydrogens is 625 g/mol. The Bertz CT molecular complexity index is 1880. The first-order chi connectivity index (χ1) is 22.6. The average Bonchev–Trinajstić information content (AvgIpc) is 3.73. The number of nitrogens with zero attached hydrogens (tertiary/aromatic N) is 8. The Balaban J connectivity index is 0.000000181. The Labute approximate surface area is 274 Å². The van der Waals surface area contributed by atoms with E-state index in [1.165, 1.54) is 0 Å². The summed E-state index contributed by atoms with van der Waals surface area (Å²) >= 11 is 3.11. The Morgan fingerprint density at radius 1 is 0.717 bits per heavy atom. The summed E-state index contributed by atoms with van der Waals surface area (Å²) in [5.41, 5.74) is 4.51. The minimum atomic E-state index is -0.302. The number of carbonyl (C=O) groups excluding carboxylic acids is 2. The highest BCUT2D eigenvalue weighted by atomic mass is 32.2. The van der Waals surface area contributed by atoms with Gasteiger partial charge in [0.15, 0.2) is 0 Å². The van der Waals surface area contributed by atoms with E-state index in [1.807, 2.05) is 64.5 Å². The number of ether oxygens (including phenoxy) is 2. The Hall–Kier alpha value is -4.82. The molecule has 0 N–H and O–H groups in total. The number of carbonyl (C=O) groups is 2. The molecule has 0 aliphatic carbocycles. The molecule has 2 aromatic carbocycles. The van der Waals surface area contributed by atoms with E-state index in [1.54, 1.807) is 66.6 Å². The molecule has 0 saturated carbocycles. The maximum absolute atomic E-state index is 11.9. The van der Waals surface area contributed by atoms with E-state index in [-0.39, 0.29) is 11.9 Å². The number of benzene rings is 2. The molecule has 4 aromatic heterocycles. The van der Waals surface area contributed by atoms with Crippen LogP contribution in [0.15, 0.2) is 95.8 Å². The summed E-state index contributed by atoms with van der Waals surface area (Å²) in [5, 5.41) is 10.6. The maximum Gasteiger partial charge on any atom is 0.338 e. The predicted molar refractivity (Wildman–Crippen MR) is 177 cm³/mol. The highest BCUT2D eigenvalue weighted by molar-refractivity contribution is 7.99. The Morgan fingerprint density at radius 2 is 1.28 bits per heavy atom. The molecule has 0 aliphatic heterocycles. The van der Waals surface area contributed by atoms with Gasteiger partial charge in [0.2, 0.25) is 0 Å². The smallest absolute Gasteiger partial charge is 0.338 e. The molecule has 14 heteroatoms. The van der Waals surface area contributed by atoms with E-state index in [0.29, 0.717) is 50.3 Å². The summed E-state index contributed by atoms with van der Waals surface area (Å²) in [4.78, 5) is 40.6. The van der Waals surface area contributed by atoms with Crippen LogP contribution in [-0.4, -0.2) is 77.2 Å². The predicted octanol–water partition coefficient (Wildman–Crippen LogP) is 5.59. The third-order valence-corrected chi connectivity index (χ3v) is 8.00. The van der Waals surface area contributed by atoms with Gasteiger partial charge in [-0.05, 0) is 36.8 Å². The van der Waals surface area contributed by atoms with Crippen molar-refractivity contribution in [2.45, 2.75) is 36.0 Å². The number of rotatable bonds is 12. The van der Waals surface area contributed by atoms with Crippen molar-refractivity contribution in [2.24, 2.45) is 0 Å². The van der Waals surface area contributed by atoms with Gasteiger partial charge in [-0.3, -0.25) is 9.36 Å². The summed E-state index contributed by atoms with van der Waals surface area (Å²) in [6, 6.07) is 18.0. The summed E-state index contributed by atoms with van der Waals surface area (Å²) in [6.45, 7) is 2.00. The van der Waals surface area contributed by atoms with E-state index in [2.05, 4.69) is 30.1 Å². The van der Waals surface area contributed by atoms with Gasteiger partial charge >= 0.3 is 11.9 Å². The number of hydrogen-bond acceptors (Lipinski definition) is 12. The number of hydrogen-bond donors (Lipinski definition) is 0. The fourth-order valence-electron chi connectivity index (χ4n) is 4.43. The second-order valence-electron chi connectivity index (χ2n) is 9.70. The van der Waals surface area contributed by atoms with Gasteiger partial charge in [-0.2, -0.15) is 10.2 Å². The highest BCUT2D eigenvalue weighted by Gasteiger charge is 2.11. The molecule has 0 aliphatic rings. The van der Waals surface area contributed by atoms with Crippen LogP contribution in [0.3, 0.4) is 0 Å². The van der Waals surface area contributed by atoms with Crippen LogP contribution in [0.1, 0.15) is 33.6 Å². The van der Waals surface area contributed by atoms with E-state index in [0.717, 1.165) is 32.1 Å². The monoisotopic (exact) mass is 656 g/mol. The van der Waals surface area contributed by atoms with Crippen molar-refractivity contribution in [3.63, 3.8) is 0 Å². The van der Waals surface area contributed by atoms with Crippen LogP contribution in [0.2, 0.25) is 0 Å². The second-order valence-corrected chi connectivity index (χ2v) is 11.3. The third kappa shape index (κ3) is 8.46. The lowest BCUT2D eigenvalue weighted by atomic mass is 10.2. The zero-order valence-electron chi connectivity index (χ0n) is 25.4. The summed E-state index contributed by atoms with van der Waals surface area (Å²) < 4.78 is 14.2. The van der Waals surface area contributed by atoms with Gasteiger partial charge in [0, 0.05) is 25.9 Å². The maximum atomic E-state index is 11.9. The van der Waals surface area contributed by atoms with Crippen LogP contribution < -0.4 is 0 Å². The van der Waals surface area contributed by atoms with Crippen LogP contribution in [0.5, 0.6) is 0 Å². The van der Waals surface area contributed by atoms with Crippen molar-refractivity contribution >= 4 is 57.5 Å². The van der Waals surface area contributed by atoms with Crippen LogP contribution >= 0.6 is 23.5 Å². The van der Waals surface area contributed by atoms with Crippen LogP contribution in [-0.2, 0) is 22.6 Å². The van der Waals surface area contributed by atoms with Crippen molar-refractivity contribution in [1.29, 1.82) is 0 Å². The molecule has 0 radical (unpaired) electrons. The molecule has 0 atom stereocenters. The van der Waals surface area contributed by atoms with Gasteiger partial charge in [-0.1, -0.05) is 36.4 Å². The third-order valence-electron chi connectivity index (χ3n) is 6.63. The lowest BCUT2D eigenvalue weighted by molar-refractivity contribution is 0.0486. The SMILES string of the molecule is CSc1ncnc2cn(CCCOC(=O)c3ccccc3)nc12.CSc1ncnc2cnn(CCCOC(=O)c3ccccc3)c12. The molecule has 0 amide bonds. The zero-order chi connectivity index (χ0) is 32.1. The van der Waals surface area contributed by atoms with Gasteiger partial charge < -0.3 is 9.47 Å². The van der Waals surface area contributed by atoms with Crippen molar-refractivity contribution in [2.75, 3.05) is 25.7 Å². The van der Waals surface area contributed by atoms with Crippen molar-refractivity contribution in [3.05, 3.63) is 96.8 Å². The molecule has 6 aromatic rings. The number of aromatic nitrogens is 8. The minimum Gasteiger partial charge on any atom is -0.462 e. The average molecular weight is 657 g/mol. The van der Waals surface area contributed by atoms with Crippen LogP contribution in [0.4, 0.5) is 0 Å². The van der Waals surface area contributed by atoms with E-state index in [4.69, 9.17) is 9.47 Å². The summed E-state index contributed by atoms with van der Waals surface area (Å²) in [5.74, 6) is -0.601. The Kier molecular flexibility index (Phi) is 11.7. The van der Waals surface area contributed by atoms with Crippen LogP contribution in [0.25, 0.3) is 22.1 Å². The largest absolute Gasteiger partial charge is 0.462 e. The fraction of sp³-hybridized carbons (Fsp3) is 0.250.